The Morgan fingerprint density at radius 1 is 1.00 bits per heavy atom. The number of nitrogens with zero attached hydrogens (tertiary/aromatic N) is 1. The van der Waals surface area contributed by atoms with Crippen LogP contribution in [-0.2, 0) is 6.54 Å². The molecule has 2 atom stereocenters. The van der Waals surface area contributed by atoms with Gasteiger partial charge in [0.05, 0.1) is 0 Å². The van der Waals surface area contributed by atoms with Crippen molar-refractivity contribution in [1.29, 1.82) is 0 Å². The second-order valence-corrected chi connectivity index (χ2v) is 7.63. The van der Waals surface area contributed by atoms with Gasteiger partial charge in [-0.1, -0.05) is 41.9 Å². The SMILES string of the molecule is O=C(NC1CC2CCC(C1)N2Cc1ccccc1)c1ccc(Cl)cc1. The van der Waals surface area contributed by atoms with Crippen LogP contribution < -0.4 is 5.32 Å². The molecule has 2 unspecified atom stereocenters. The molecule has 0 aliphatic carbocycles. The Bertz CT molecular complexity index is 717. The minimum Gasteiger partial charge on any atom is -0.349 e. The molecule has 2 aliphatic rings. The first-order valence-electron chi connectivity index (χ1n) is 9.05. The highest BCUT2D eigenvalue weighted by Gasteiger charge is 2.40. The van der Waals surface area contributed by atoms with Crippen LogP contribution in [0.15, 0.2) is 54.6 Å². The van der Waals surface area contributed by atoms with Gasteiger partial charge in [-0.05, 0) is 55.5 Å². The lowest BCUT2D eigenvalue weighted by Crippen LogP contribution is -2.49. The number of carbonyl (C=O) groups excluding carboxylic acids is 1. The fourth-order valence-corrected chi connectivity index (χ4v) is 4.44. The summed E-state index contributed by atoms with van der Waals surface area (Å²) >= 11 is 5.90. The van der Waals surface area contributed by atoms with Crippen molar-refractivity contribution in [3.05, 3.63) is 70.7 Å². The van der Waals surface area contributed by atoms with Gasteiger partial charge in [0.15, 0.2) is 0 Å². The quantitative estimate of drug-likeness (QED) is 0.889. The molecule has 2 fully saturated rings. The van der Waals surface area contributed by atoms with Crippen LogP contribution in [0.3, 0.4) is 0 Å². The van der Waals surface area contributed by atoms with Crippen LogP contribution in [-0.4, -0.2) is 28.9 Å². The van der Waals surface area contributed by atoms with Crippen molar-refractivity contribution < 1.29 is 4.79 Å². The molecule has 25 heavy (non-hydrogen) atoms. The molecule has 0 spiro atoms. The molecule has 130 valence electrons. The Balaban J connectivity index is 1.38. The van der Waals surface area contributed by atoms with Crippen LogP contribution in [0.5, 0.6) is 0 Å². The van der Waals surface area contributed by atoms with E-state index in [4.69, 9.17) is 11.6 Å². The molecule has 2 saturated heterocycles. The molecule has 2 bridgehead atoms. The van der Waals surface area contributed by atoms with Crippen LogP contribution in [0.25, 0.3) is 0 Å². The molecular formula is C21H23ClN2O. The molecule has 2 aliphatic heterocycles. The van der Waals surface area contributed by atoms with E-state index >= 15 is 0 Å². The zero-order valence-corrected chi connectivity index (χ0v) is 15.0. The lowest BCUT2D eigenvalue weighted by atomic mass is 9.96. The third-order valence-electron chi connectivity index (χ3n) is 5.53. The number of amides is 1. The highest BCUT2D eigenvalue weighted by atomic mass is 35.5. The molecule has 4 heteroatoms. The van der Waals surface area contributed by atoms with E-state index in [1.165, 1.54) is 18.4 Å². The number of hydrogen-bond acceptors (Lipinski definition) is 2. The van der Waals surface area contributed by atoms with E-state index < -0.39 is 0 Å². The number of carbonyl (C=O) groups is 1. The first kappa shape index (κ1) is 16.6. The molecule has 0 aromatic heterocycles. The molecule has 2 heterocycles. The lowest BCUT2D eigenvalue weighted by Gasteiger charge is -2.39. The Morgan fingerprint density at radius 3 is 2.28 bits per heavy atom. The van der Waals surface area contributed by atoms with Crippen LogP contribution in [0, 0.1) is 0 Å². The summed E-state index contributed by atoms with van der Waals surface area (Å²) in [5.74, 6) is 0.0116. The number of halogens is 1. The van der Waals surface area contributed by atoms with Gasteiger partial charge < -0.3 is 5.32 Å². The first-order chi connectivity index (χ1) is 12.2. The van der Waals surface area contributed by atoms with Crippen molar-refractivity contribution in [1.82, 2.24) is 10.2 Å². The zero-order valence-electron chi connectivity index (χ0n) is 14.2. The third kappa shape index (κ3) is 3.73. The summed E-state index contributed by atoms with van der Waals surface area (Å²) in [6.45, 7) is 1.02. The van der Waals surface area contributed by atoms with E-state index in [1.807, 2.05) is 0 Å². The summed E-state index contributed by atoms with van der Waals surface area (Å²) in [5.41, 5.74) is 2.06. The minimum absolute atomic E-state index is 0.0116. The van der Waals surface area contributed by atoms with Crippen molar-refractivity contribution in [3.8, 4) is 0 Å². The van der Waals surface area contributed by atoms with Crippen LogP contribution in [0.2, 0.25) is 5.02 Å². The monoisotopic (exact) mass is 354 g/mol. The maximum absolute atomic E-state index is 12.5. The van der Waals surface area contributed by atoms with E-state index in [2.05, 4.69) is 40.5 Å². The Kier molecular flexibility index (Phi) is 4.78. The molecule has 1 N–H and O–H groups in total. The molecule has 0 radical (unpaired) electrons. The van der Waals surface area contributed by atoms with E-state index in [1.54, 1.807) is 24.3 Å². The predicted molar refractivity (Wildman–Crippen MR) is 101 cm³/mol. The van der Waals surface area contributed by atoms with Crippen molar-refractivity contribution in [2.24, 2.45) is 0 Å². The molecule has 4 rings (SSSR count). The summed E-state index contributed by atoms with van der Waals surface area (Å²) in [6, 6.07) is 19.2. The van der Waals surface area contributed by atoms with E-state index in [0.29, 0.717) is 22.7 Å². The Labute approximate surface area is 154 Å². The largest absolute Gasteiger partial charge is 0.349 e. The predicted octanol–water partition coefficient (Wildman–Crippen LogP) is 4.27. The van der Waals surface area contributed by atoms with Gasteiger partial charge in [0.1, 0.15) is 0 Å². The van der Waals surface area contributed by atoms with Crippen LogP contribution >= 0.6 is 11.6 Å². The zero-order chi connectivity index (χ0) is 17.2. The van der Waals surface area contributed by atoms with Gasteiger partial charge in [-0.3, -0.25) is 9.69 Å². The van der Waals surface area contributed by atoms with E-state index in [9.17, 15) is 4.79 Å². The number of rotatable bonds is 4. The van der Waals surface area contributed by atoms with Crippen LogP contribution in [0.4, 0.5) is 0 Å². The minimum atomic E-state index is 0.0116. The number of nitrogens with one attached hydrogen (secondary N) is 1. The van der Waals surface area contributed by atoms with Crippen LogP contribution in [0.1, 0.15) is 41.6 Å². The third-order valence-corrected chi connectivity index (χ3v) is 5.79. The molecule has 3 nitrogen and oxygen atoms in total. The smallest absolute Gasteiger partial charge is 0.251 e. The number of benzene rings is 2. The molecule has 1 amide bonds. The van der Waals surface area contributed by atoms with Crippen molar-refractivity contribution >= 4 is 17.5 Å². The molecular weight excluding hydrogens is 332 g/mol. The second kappa shape index (κ2) is 7.19. The van der Waals surface area contributed by atoms with Gasteiger partial charge in [0.25, 0.3) is 5.91 Å². The first-order valence-corrected chi connectivity index (χ1v) is 9.43. The average Bonchev–Trinajstić information content (AvgIpc) is 2.86. The average molecular weight is 355 g/mol. The molecule has 2 aromatic carbocycles. The molecule has 0 saturated carbocycles. The summed E-state index contributed by atoms with van der Waals surface area (Å²) in [7, 11) is 0. The van der Waals surface area contributed by atoms with Gasteiger partial charge in [-0.15, -0.1) is 0 Å². The van der Waals surface area contributed by atoms with Gasteiger partial charge in [0.2, 0.25) is 0 Å². The van der Waals surface area contributed by atoms with Crippen molar-refractivity contribution in [2.45, 2.75) is 50.4 Å². The van der Waals surface area contributed by atoms with Gasteiger partial charge >= 0.3 is 0 Å². The Morgan fingerprint density at radius 2 is 1.64 bits per heavy atom. The van der Waals surface area contributed by atoms with Gasteiger partial charge in [-0.2, -0.15) is 0 Å². The van der Waals surface area contributed by atoms with Gasteiger partial charge in [-0.25, -0.2) is 0 Å². The van der Waals surface area contributed by atoms with Crippen molar-refractivity contribution in [2.75, 3.05) is 0 Å². The maximum Gasteiger partial charge on any atom is 0.251 e. The number of piperidine rings is 1. The fraction of sp³-hybridized carbons (Fsp3) is 0.381. The number of hydrogen-bond donors (Lipinski definition) is 1. The van der Waals surface area contributed by atoms with E-state index in [-0.39, 0.29) is 11.9 Å². The lowest BCUT2D eigenvalue weighted by molar-refractivity contribution is 0.0828. The Hall–Kier alpha value is -1.84. The van der Waals surface area contributed by atoms with Gasteiger partial charge in [0, 0.05) is 35.3 Å². The summed E-state index contributed by atoms with van der Waals surface area (Å²) in [5, 5.41) is 3.89. The van der Waals surface area contributed by atoms with E-state index in [0.717, 1.165) is 19.4 Å². The number of fused-ring (bicyclic) bond motifs is 2. The molecule has 2 aromatic rings. The maximum atomic E-state index is 12.5. The standard InChI is InChI=1S/C21H23ClN2O/c22-17-8-6-16(7-9-17)21(25)23-18-12-19-10-11-20(13-18)24(19)14-15-4-2-1-3-5-15/h1-9,18-20H,10-14H2,(H,23,25). The summed E-state index contributed by atoms with van der Waals surface area (Å²) in [6.07, 6.45) is 4.57. The normalized spacial score (nSPS) is 25.7. The highest BCUT2D eigenvalue weighted by Crippen LogP contribution is 2.36. The fourth-order valence-electron chi connectivity index (χ4n) is 4.31. The second-order valence-electron chi connectivity index (χ2n) is 7.19. The summed E-state index contributed by atoms with van der Waals surface area (Å²) in [4.78, 5) is 15.1. The summed E-state index contributed by atoms with van der Waals surface area (Å²) < 4.78 is 0. The topological polar surface area (TPSA) is 32.3 Å². The van der Waals surface area contributed by atoms with Crippen molar-refractivity contribution in [3.63, 3.8) is 0 Å². The highest BCUT2D eigenvalue weighted by molar-refractivity contribution is 6.30.